The average molecular weight is 357 g/mol. The molecule has 3 rings (SSSR count). The predicted molar refractivity (Wildman–Crippen MR) is 91.5 cm³/mol. The first kappa shape index (κ1) is 19.3. The Hall–Kier alpha value is -0.990. The summed E-state index contributed by atoms with van der Waals surface area (Å²) < 4.78 is 40.0. The van der Waals surface area contributed by atoms with Crippen LogP contribution in [0.15, 0.2) is 29.2 Å². The maximum absolute atomic E-state index is 10.5. The van der Waals surface area contributed by atoms with E-state index in [1.807, 2.05) is 6.92 Å². The summed E-state index contributed by atoms with van der Waals surface area (Å²) in [5.41, 5.74) is 7.11. The van der Waals surface area contributed by atoms with Crippen molar-refractivity contribution in [2.75, 3.05) is 13.2 Å². The molecular weight excluding hydrogens is 330 g/mol. The van der Waals surface area contributed by atoms with E-state index in [0.717, 1.165) is 31.6 Å². The molecule has 4 unspecified atom stereocenters. The largest absolute Gasteiger partial charge is 0.373 e. The van der Waals surface area contributed by atoms with E-state index in [9.17, 15) is 8.42 Å². The second-order valence-electron chi connectivity index (χ2n) is 7.05. The molecule has 4 atom stereocenters. The van der Waals surface area contributed by atoms with Gasteiger partial charge in [-0.05, 0) is 44.7 Å². The van der Waals surface area contributed by atoms with Gasteiger partial charge in [-0.15, -0.1) is 0 Å². The standard InChI is InChI=1S/C10H19NO2.C7H8O3S/c1-7(3-8-5-12-8)10(2,11)4-9-6-13-9;1-6-2-4-7(5-3-6)11(8,9)10/h7-9H,3-6,11H2,1-2H3;2-5H,1H3,(H,8,9,10). The number of hydrogen-bond donors (Lipinski definition) is 2. The summed E-state index contributed by atoms with van der Waals surface area (Å²) >= 11 is 0. The lowest BCUT2D eigenvalue weighted by molar-refractivity contribution is 0.231. The number of epoxide rings is 2. The Kier molecular flexibility index (Phi) is 6.04. The van der Waals surface area contributed by atoms with Gasteiger partial charge in [0.2, 0.25) is 0 Å². The first-order chi connectivity index (χ1) is 11.1. The van der Waals surface area contributed by atoms with Crippen molar-refractivity contribution >= 4 is 10.1 Å². The van der Waals surface area contributed by atoms with Crippen molar-refractivity contribution in [2.24, 2.45) is 11.7 Å². The first-order valence-corrected chi connectivity index (χ1v) is 9.58. The van der Waals surface area contributed by atoms with E-state index in [1.54, 1.807) is 12.1 Å². The third kappa shape index (κ3) is 6.49. The van der Waals surface area contributed by atoms with Crippen LogP contribution < -0.4 is 5.73 Å². The van der Waals surface area contributed by atoms with E-state index in [2.05, 4.69) is 13.8 Å². The SMILES string of the molecule is CC(CC1CO1)C(C)(N)CC1CO1.Cc1ccc(S(=O)(=O)O)cc1. The fraction of sp³-hybridized carbons (Fsp3) is 0.647. The van der Waals surface area contributed by atoms with Crippen LogP contribution >= 0.6 is 0 Å². The summed E-state index contributed by atoms with van der Waals surface area (Å²) in [5, 5.41) is 0. The van der Waals surface area contributed by atoms with Gasteiger partial charge in [0, 0.05) is 5.54 Å². The van der Waals surface area contributed by atoms with Crippen molar-refractivity contribution in [3.05, 3.63) is 29.8 Å². The molecule has 6 nitrogen and oxygen atoms in total. The molecular formula is C17H27NO5S. The Morgan fingerprint density at radius 2 is 1.75 bits per heavy atom. The molecule has 0 radical (unpaired) electrons. The zero-order valence-corrected chi connectivity index (χ0v) is 15.3. The monoisotopic (exact) mass is 357 g/mol. The summed E-state index contributed by atoms with van der Waals surface area (Å²) in [6.45, 7) is 8.01. The molecule has 136 valence electrons. The highest BCUT2D eigenvalue weighted by atomic mass is 32.2. The molecule has 0 amide bonds. The van der Waals surface area contributed by atoms with E-state index < -0.39 is 10.1 Å². The molecule has 24 heavy (non-hydrogen) atoms. The van der Waals surface area contributed by atoms with E-state index in [-0.39, 0.29) is 10.4 Å². The van der Waals surface area contributed by atoms with Crippen LogP contribution in [0.3, 0.4) is 0 Å². The minimum Gasteiger partial charge on any atom is -0.373 e. The quantitative estimate of drug-likeness (QED) is 0.597. The van der Waals surface area contributed by atoms with Gasteiger partial charge in [0.25, 0.3) is 10.1 Å². The van der Waals surface area contributed by atoms with Crippen LogP contribution in [0.1, 0.15) is 32.3 Å². The zero-order chi connectivity index (χ0) is 18.0. The van der Waals surface area contributed by atoms with Gasteiger partial charge in [-0.1, -0.05) is 24.6 Å². The molecule has 0 aromatic heterocycles. The third-order valence-electron chi connectivity index (χ3n) is 4.53. The summed E-state index contributed by atoms with van der Waals surface area (Å²) in [4.78, 5) is -0.0666. The predicted octanol–water partition coefficient (Wildman–Crippen LogP) is 2.16. The molecule has 7 heteroatoms. The minimum absolute atomic E-state index is 0.0666. The molecule has 2 aliphatic heterocycles. The molecule has 3 N–H and O–H groups in total. The Bertz CT molecular complexity index is 633. The minimum atomic E-state index is -4.02. The van der Waals surface area contributed by atoms with E-state index in [0.29, 0.717) is 18.1 Å². The second-order valence-corrected chi connectivity index (χ2v) is 8.47. The van der Waals surface area contributed by atoms with E-state index in [1.165, 1.54) is 12.1 Å². The molecule has 2 saturated heterocycles. The molecule has 0 saturated carbocycles. The molecule has 2 aliphatic rings. The Morgan fingerprint density at radius 1 is 1.25 bits per heavy atom. The number of hydrogen-bond acceptors (Lipinski definition) is 5. The van der Waals surface area contributed by atoms with Crippen molar-refractivity contribution in [3.8, 4) is 0 Å². The number of rotatable bonds is 6. The molecule has 2 heterocycles. The average Bonchev–Trinajstić information content (AvgIpc) is 3.35. The van der Waals surface area contributed by atoms with Crippen molar-refractivity contribution in [1.82, 2.24) is 0 Å². The topological polar surface area (TPSA) is 105 Å². The smallest absolute Gasteiger partial charge is 0.294 e. The highest BCUT2D eigenvalue weighted by molar-refractivity contribution is 7.85. The number of nitrogens with two attached hydrogens (primary N) is 1. The van der Waals surface area contributed by atoms with Crippen LogP contribution in [0.5, 0.6) is 0 Å². The molecule has 2 fully saturated rings. The van der Waals surface area contributed by atoms with Crippen LogP contribution in [-0.4, -0.2) is 43.9 Å². The van der Waals surface area contributed by atoms with Crippen LogP contribution in [0.25, 0.3) is 0 Å². The van der Waals surface area contributed by atoms with Crippen molar-refractivity contribution in [1.29, 1.82) is 0 Å². The molecule has 0 bridgehead atoms. The van der Waals surface area contributed by atoms with Crippen molar-refractivity contribution in [2.45, 2.75) is 56.3 Å². The lowest BCUT2D eigenvalue weighted by Crippen LogP contribution is -2.44. The van der Waals surface area contributed by atoms with Crippen LogP contribution in [0.2, 0.25) is 0 Å². The first-order valence-electron chi connectivity index (χ1n) is 8.14. The van der Waals surface area contributed by atoms with Gasteiger partial charge >= 0.3 is 0 Å². The summed E-state index contributed by atoms with van der Waals surface area (Å²) in [5.74, 6) is 0.518. The molecule has 1 aromatic rings. The van der Waals surface area contributed by atoms with Gasteiger partial charge in [0.05, 0.1) is 30.3 Å². The van der Waals surface area contributed by atoms with Gasteiger partial charge in [-0.3, -0.25) is 4.55 Å². The fourth-order valence-electron chi connectivity index (χ4n) is 2.46. The van der Waals surface area contributed by atoms with Gasteiger partial charge in [0.1, 0.15) is 0 Å². The second kappa shape index (κ2) is 7.49. The van der Waals surface area contributed by atoms with Crippen LogP contribution in [0.4, 0.5) is 0 Å². The highest BCUT2D eigenvalue weighted by Gasteiger charge is 2.38. The van der Waals surface area contributed by atoms with Crippen molar-refractivity contribution < 1.29 is 22.4 Å². The fourth-order valence-corrected chi connectivity index (χ4v) is 2.94. The number of benzene rings is 1. The maximum atomic E-state index is 10.5. The third-order valence-corrected chi connectivity index (χ3v) is 5.40. The van der Waals surface area contributed by atoms with Crippen LogP contribution in [0, 0.1) is 12.8 Å². The number of aryl methyl sites for hydroxylation is 1. The van der Waals surface area contributed by atoms with Gasteiger partial charge in [-0.2, -0.15) is 8.42 Å². The summed E-state index contributed by atoms with van der Waals surface area (Å²) in [7, 11) is -4.02. The van der Waals surface area contributed by atoms with Crippen molar-refractivity contribution in [3.63, 3.8) is 0 Å². The Morgan fingerprint density at radius 3 is 2.17 bits per heavy atom. The highest BCUT2D eigenvalue weighted by Crippen LogP contribution is 2.31. The van der Waals surface area contributed by atoms with Gasteiger partial charge < -0.3 is 15.2 Å². The normalized spacial score (nSPS) is 25.9. The van der Waals surface area contributed by atoms with Gasteiger partial charge in [0.15, 0.2) is 0 Å². The van der Waals surface area contributed by atoms with Gasteiger partial charge in [-0.25, -0.2) is 0 Å². The lowest BCUT2D eigenvalue weighted by atomic mass is 9.81. The lowest BCUT2D eigenvalue weighted by Gasteiger charge is -2.30. The summed E-state index contributed by atoms with van der Waals surface area (Å²) in [6.07, 6.45) is 3.00. The number of ether oxygens (including phenoxy) is 2. The molecule has 1 aromatic carbocycles. The maximum Gasteiger partial charge on any atom is 0.294 e. The van der Waals surface area contributed by atoms with E-state index in [4.69, 9.17) is 19.8 Å². The van der Waals surface area contributed by atoms with E-state index >= 15 is 0 Å². The van der Waals surface area contributed by atoms with Crippen LogP contribution in [-0.2, 0) is 19.6 Å². The molecule has 0 spiro atoms. The molecule has 0 aliphatic carbocycles. The summed E-state index contributed by atoms with van der Waals surface area (Å²) in [6, 6.07) is 5.99. The Balaban J connectivity index is 0.000000177. The Labute approximate surface area is 144 Å². The zero-order valence-electron chi connectivity index (χ0n) is 14.4.